The molecule has 4 aliphatic heterocycles. The van der Waals surface area contributed by atoms with Gasteiger partial charge in [0.2, 0.25) is 11.9 Å². The number of ketones is 1. The van der Waals surface area contributed by atoms with Gasteiger partial charge in [0.25, 0.3) is 11.6 Å². The normalized spacial score (nSPS) is 35.3. The van der Waals surface area contributed by atoms with Crippen molar-refractivity contribution in [1.29, 1.82) is 0 Å². The predicted molar refractivity (Wildman–Crippen MR) is 156 cm³/mol. The molecule has 3 saturated heterocycles. The number of aliphatic hydroxyl groups is 2. The van der Waals surface area contributed by atoms with Crippen molar-refractivity contribution in [2.45, 2.75) is 100 Å². The standard InChI is InChI=1S/C31H40O12Si/c1-13-10-14-18(22(34)20-19(23(14)36-5)15(32)11-16(21(20)33)43-44(8,9)28(2,3)4)24-17(13)25-26-30(35,40-24)29(12-39-29)31(41-25,42-26)27(37-6)38-7/h10,15-16,25-27,32,34-35H,11-12H2,1-9H3/t15-,16-,25-,26-,29-,30+,31-/m0/s1. The van der Waals surface area contributed by atoms with Crippen LogP contribution in [-0.4, -0.2) is 93.0 Å². The highest BCUT2D eigenvalue weighted by atomic mass is 28.4. The third-order valence-electron chi connectivity index (χ3n) is 10.6. The van der Waals surface area contributed by atoms with Gasteiger partial charge >= 0.3 is 0 Å². The van der Waals surface area contributed by atoms with E-state index < -0.39 is 67.7 Å². The average molecular weight is 633 g/mol. The van der Waals surface area contributed by atoms with E-state index in [1.54, 1.807) is 6.07 Å². The van der Waals surface area contributed by atoms with Gasteiger partial charge < -0.3 is 52.9 Å². The fraction of sp³-hybridized carbons (Fsp3) is 0.645. The number of aromatic hydroxyl groups is 1. The minimum absolute atomic E-state index is 0.0247. The molecule has 0 radical (unpaired) electrons. The van der Waals surface area contributed by atoms with E-state index in [1.165, 1.54) is 21.3 Å². The van der Waals surface area contributed by atoms with Crippen LogP contribution in [0.1, 0.15) is 66.4 Å². The number of aliphatic hydroxyl groups excluding tert-OH is 1. The smallest absolute Gasteiger partial charge is 0.274 e. The molecule has 1 spiro atoms. The van der Waals surface area contributed by atoms with Crippen LogP contribution in [0.5, 0.6) is 17.2 Å². The van der Waals surface area contributed by atoms with Crippen molar-refractivity contribution >= 4 is 24.9 Å². The van der Waals surface area contributed by atoms with Crippen LogP contribution in [0.2, 0.25) is 18.1 Å². The summed E-state index contributed by atoms with van der Waals surface area (Å²) in [4.78, 5) is 14.1. The molecular formula is C31H40O12Si. The maximum Gasteiger partial charge on any atom is 0.274 e. The lowest BCUT2D eigenvalue weighted by Crippen LogP contribution is -2.69. The van der Waals surface area contributed by atoms with Gasteiger partial charge in [0.05, 0.1) is 30.8 Å². The van der Waals surface area contributed by atoms with E-state index in [4.69, 9.17) is 37.6 Å². The fourth-order valence-electron chi connectivity index (χ4n) is 7.38. The number of benzene rings is 2. The Bertz CT molecular complexity index is 1590. The van der Waals surface area contributed by atoms with Gasteiger partial charge in [0.15, 0.2) is 20.2 Å². The van der Waals surface area contributed by atoms with E-state index in [0.717, 1.165) is 0 Å². The first-order valence-corrected chi connectivity index (χ1v) is 17.7. The summed E-state index contributed by atoms with van der Waals surface area (Å²) in [6.07, 6.45) is -4.99. The Labute approximate surface area is 256 Å². The summed E-state index contributed by atoms with van der Waals surface area (Å²) in [6, 6.07) is 1.78. The zero-order valence-corrected chi connectivity index (χ0v) is 27.4. The third-order valence-corrected chi connectivity index (χ3v) is 15.1. The number of aryl methyl sites for hydroxylation is 1. The Hall–Kier alpha value is -2.33. The number of hydrogen-bond donors (Lipinski definition) is 3. The topological polar surface area (TPSA) is 155 Å². The maximum absolute atomic E-state index is 14.1. The summed E-state index contributed by atoms with van der Waals surface area (Å²) in [6.45, 7) is 12.1. The summed E-state index contributed by atoms with van der Waals surface area (Å²) in [5.41, 5.74) is -0.170. The molecule has 3 N–H and O–H groups in total. The maximum atomic E-state index is 14.1. The number of carbonyl (C=O) groups is 1. The monoisotopic (exact) mass is 632 g/mol. The van der Waals surface area contributed by atoms with E-state index in [2.05, 4.69) is 20.8 Å². The summed E-state index contributed by atoms with van der Waals surface area (Å²) in [5.74, 6) is -4.19. The van der Waals surface area contributed by atoms with E-state index in [0.29, 0.717) is 16.5 Å². The molecule has 2 aromatic rings. The molecular weight excluding hydrogens is 592 g/mol. The zero-order valence-electron chi connectivity index (χ0n) is 26.4. The van der Waals surface area contributed by atoms with Gasteiger partial charge in [0, 0.05) is 37.2 Å². The van der Waals surface area contributed by atoms with Crippen molar-refractivity contribution in [1.82, 2.24) is 0 Å². The minimum atomic E-state index is -2.44. The highest BCUT2D eigenvalue weighted by molar-refractivity contribution is 6.74. The molecule has 0 saturated carbocycles. The van der Waals surface area contributed by atoms with Crippen LogP contribution in [0.25, 0.3) is 10.8 Å². The first kappa shape index (κ1) is 30.3. The number of fused-ring (bicyclic) bond motifs is 8. The molecule has 2 aromatic carbocycles. The van der Waals surface area contributed by atoms with Gasteiger partial charge in [-0.05, 0) is 36.7 Å². The molecule has 0 aromatic heterocycles. The number of ether oxygens (including phenoxy) is 7. The van der Waals surface area contributed by atoms with Crippen molar-refractivity contribution in [3.05, 3.63) is 28.3 Å². The lowest BCUT2D eigenvalue weighted by molar-refractivity contribution is -0.344. The highest BCUT2D eigenvalue weighted by Gasteiger charge is 2.92. The molecule has 1 aliphatic carbocycles. The number of rotatable bonds is 6. The third kappa shape index (κ3) is 3.42. The second kappa shape index (κ2) is 9.14. The molecule has 3 fully saturated rings. The zero-order chi connectivity index (χ0) is 31.9. The van der Waals surface area contributed by atoms with Crippen LogP contribution in [0, 0.1) is 6.92 Å². The van der Waals surface area contributed by atoms with Crippen LogP contribution in [-0.2, 0) is 28.1 Å². The van der Waals surface area contributed by atoms with Gasteiger partial charge in [-0.15, -0.1) is 0 Å². The number of hydrogen-bond acceptors (Lipinski definition) is 12. The molecule has 2 bridgehead atoms. The fourth-order valence-corrected chi connectivity index (χ4v) is 8.64. The van der Waals surface area contributed by atoms with Crippen LogP contribution in [0.15, 0.2) is 6.07 Å². The number of epoxide rings is 1. The first-order chi connectivity index (χ1) is 20.5. The summed E-state index contributed by atoms with van der Waals surface area (Å²) >= 11 is 0. The Morgan fingerprint density at radius 2 is 1.77 bits per heavy atom. The van der Waals surface area contributed by atoms with E-state index in [1.807, 2.05) is 20.0 Å². The molecule has 0 amide bonds. The van der Waals surface area contributed by atoms with Crippen LogP contribution in [0.3, 0.4) is 0 Å². The average Bonchev–Trinajstić information content (AvgIpc) is 3.62. The van der Waals surface area contributed by atoms with Gasteiger partial charge in [-0.3, -0.25) is 4.79 Å². The van der Waals surface area contributed by atoms with Crippen LogP contribution < -0.4 is 9.47 Å². The van der Waals surface area contributed by atoms with Gasteiger partial charge in [-0.1, -0.05) is 20.8 Å². The molecule has 5 aliphatic rings. The second-order valence-electron chi connectivity index (χ2n) is 14.0. The van der Waals surface area contributed by atoms with Crippen molar-refractivity contribution in [3.8, 4) is 17.2 Å². The molecule has 0 unspecified atom stereocenters. The van der Waals surface area contributed by atoms with Gasteiger partial charge in [-0.25, -0.2) is 0 Å². The Morgan fingerprint density at radius 1 is 1.11 bits per heavy atom. The van der Waals surface area contributed by atoms with E-state index >= 15 is 0 Å². The molecule has 7 atom stereocenters. The van der Waals surface area contributed by atoms with Crippen molar-refractivity contribution in [2.24, 2.45) is 0 Å². The minimum Gasteiger partial charge on any atom is -0.506 e. The molecule has 12 nitrogen and oxygen atoms in total. The number of methoxy groups -OCH3 is 3. The number of phenols is 1. The Morgan fingerprint density at radius 3 is 2.34 bits per heavy atom. The van der Waals surface area contributed by atoms with Gasteiger partial charge in [0.1, 0.15) is 29.5 Å². The predicted octanol–water partition coefficient (Wildman–Crippen LogP) is 3.51. The number of phenolic OH excluding ortho intramolecular Hbond substituents is 1. The second-order valence-corrected chi connectivity index (χ2v) is 18.7. The Balaban J connectivity index is 1.44. The summed E-state index contributed by atoms with van der Waals surface area (Å²) in [7, 11) is 1.88. The largest absolute Gasteiger partial charge is 0.506 e. The molecule has 4 heterocycles. The first-order valence-electron chi connectivity index (χ1n) is 14.8. The van der Waals surface area contributed by atoms with E-state index in [9.17, 15) is 20.1 Å². The molecule has 240 valence electrons. The number of Topliss-reactive ketones (excluding diaryl/α,β-unsaturated/α-hetero) is 1. The molecule has 13 heteroatoms. The van der Waals surface area contributed by atoms with Crippen LogP contribution in [0.4, 0.5) is 0 Å². The number of carbonyl (C=O) groups excluding carboxylic acids is 1. The van der Waals surface area contributed by atoms with Crippen molar-refractivity contribution in [2.75, 3.05) is 27.9 Å². The lowest BCUT2D eigenvalue weighted by atomic mass is 9.78. The van der Waals surface area contributed by atoms with Gasteiger partial charge in [-0.2, -0.15) is 0 Å². The summed E-state index contributed by atoms with van der Waals surface area (Å²) in [5, 5.41) is 35.9. The lowest BCUT2D eigenvalue weighted by Gasteiger charge is -2.47. The van der Waals surface area contributed by atoms with Crippen molar-refractivity contribution in [3.63, 3.8) is 0 Å². The van der Waals surface area contributed by atoms with E-state index in [-0.39, 0.29) is 46.1 Å². The van der Waals surface area contributed by atoms with Crippen LogP contribution >= 0.6 is 0 Å². The summed E-state index contributed by atoms with van der Waals surface area (Å²) < 4.78 is 48.5. The molecule has 7 rings (SSSR count). The van der Waals surface area contributed by atoms with Crippen molar-refractivity contribution < 1.29 is 57.7 Å². The highest BCUT2D eigenvalue weighted by Crippen LogP contribution is 2.71. The SMILES string of the molecule is COc1c2c(c(O)c3c4c(c(C)cc13)[C@@H]1O[C@@]3(C(OC)OC)O[C@@H]1[C@@](O)(O4)[C@@]31CO1)C(=O)[C@@H](O[Si](C)(C)C(C)(C)C)C[C@@H]2O. The molecule has 44 heavy (non-hydrogen) atoms. The Kier molecular flexibility index (Phi) is 6.30. The quantitative estimate of drug-likeness (QED) is 0.243.